The zero-order chi connectivity index (χ0) is 51.6. The normalized spacial score (nSPS) is 42.4. The van der Waals surface area contributed by atoms with Gasteiger partial charge in [-0.1, -0.05) is 98.9 Å². The molecule has 2 saturated heterocycles. The van der Waals surface area contributed by atoms with Crippen molar-refractivity contribution in [3.8, 4) is 0 Å². The van der Waals surface area contributed by atoms with Crippen LogP contribution < -0.4 is 5.73 Å². The first-order chi connectivity index (χ1) is 32.3. The van der Waals surface area contributed by atoms with Crippen LogP contribution in [0.5, 0.6) is 0 Å². The summed E-state index contributed by atoms with van der Waals surface area (Å²) in [6, 6.07) is -1.20. The molecule has 374 valence electrons. The van der Waals surface area contributed by atoms with Gasteiger partial charge in [-0.25, -0.2) is 0 Å². The number of ether oxygens (including phenoxy) is 5. The molecule has 19 atom stereocenters. The minimum Gasteiger partial charge on any atom is -0.469 e. The van der Waals surface area contributed by atoms with Crippen molar-refractivity contribution in [2.24, 2.45) is 23.5 Å². The van der Waals surface area contributed by atoms with Crippen molar-refractivity contribution in [2.75, 3.05) is 7.04 Å². The van der Waals surface area contributed by atoms with Crippen molar-refractivity contribution < 1.29 is 88.5 Å². The number of hydrogen-bond acceptors (Lipinski definition) is 18. The van der Waals surface area contributed by atoms with Gasteiger partial charge in [-0.15, -0.1) is 0 Å². The van der Waals surface area contributed by atoms with Crippen LogP contribution in [0.3, 0.4) is 0 Å². The lowest BCUT2D eigenvalue weighted by molar-refractivity contribution is -0.308. The molecular formula is C48H75NO17. The van der Waals surface area contributed by atoms with E-state index in [9.17, 15) is 60.7 Å². The number of cyclic esters (lactones) is 1. The van der Waals surface area contributed by atoms with Crippen molar-refractivity contribution >= 4 is 11.9 Å². The summed E-state index contributed by atoms with van der Waals surface area (Å²) in [5.74, 6) is -7.09. The topological polar surface area (TPSA) is 309 Å². The van der Waals surface area contributed by atoms with E-state index in [1.165, 1.54) is 19.1 Å². The quantitative estimate of drug-likeness (QED) is 0.174. The Balaban J connectivity index is 1.93. The van der Waals surface area contributed by atoms with Gasteiger partial charge in [-0.2, -0.15) is 0 Å². The van der Waals surface area contributed by atoms with E-state index in [2.05, 4.69) is 4.74 Å². The Labute approximate surface area is 391 Å². The van der Waals surface area contributed by atoms with Crippen molar-refractivity contribution in [1.82, 2.24) is 0 Å². The van der Waals surface area contributed by atoms with Crippen LogP contribution in [0.2, 0.25) is 0 Å². The number of allylic oxidation sites excluding steroid dienone is 12. The van der Waals surface area contributed by atoms with Crippen molar-refractivity contribution in [3.63, 3.8) is 0 Å². The van der Waals surface area contributed by atoms with Crippen LogP contribution in [0.25, 0.3) is 0 Å². The van der Waals surface area contributed by atoms with Gasteiger partial charge in [0.15, 0.2) is 12.1 Å². The molecule has 3 heterocycles. The predicted molar refractivity (Wildman–Crippen MR) is 241 cm³/mol. The van der Waals surface area contributed by atoms with Gasteiger partial charge in [0.2, 0.25) is 0 Å². The lowest BCUT2D eigenvalue weighted by atomic mass is 9.82. The van der Waals surface area contributed by atoms with Crippen LogP contribution >= 0.6 is 0 Å². The Morgan fingerprint density at radius 1 is 0.697 bits per heavy atom. The minimum atomic E-state index is -3.24. The van der Waals surface area contributed by atoms with Gasteiger partial charge in [-0.05, 0) is 33.1 Å². The van der Waals surface area contributed by atoms with Crippen molar-refractivity contribution in [1.29, 1.82) is 0 Å². The maximum atomic E-state index is 13.3. The van der Waals surface area contributed by atoms with E-state index in [1.807, 2.05) is 13.0 Å². The average Bonchev–Trinajstić information content (AvgIpc) is 3.24. The van der Waals surface area contributed by atoms with Crippen LogP contribution in [0.1, 0.15) is 83.2 Å². The third kappa shape index (κ3) is 18.6. The van der Waals surface area contributed by atoms with E-state index in [-0.39, 0.29) is 25.2 Å². The second-order valence-corrected chi connectivity index (χ2v) is 17.7. The summed E-state index contributed by atoms with van der Waals surface area (Å²) < 4.78 is 50.4. The Kier molecular flexibility index (Phi) is 22.2. The Bertz CT molecular complexity index is 1790. The first kappa shape index (κ1) is 51.9. The highest BCUT2D eigenvalue weighted by Crippen LogP contribution is 2.38. The molecule has 0 aromatic heterocycles. The number of rotatable bonds is 3. The number of aliphatic hydroxyl groups is 10. The standard InChI is InChI=1S/C48H75NO17/c1-28-18-16-14-12-10-8-6-7-9-11-13-15-17-19-35(65-47-45(59)42(49)44(58)31(4)64-47)25-39-41(46(60)62-5)38(55)27-48(61,66-39)26-34(52)23-37(54)36(53)21-20-32(50)22-33(51)24-40(56)63-30(3)29(2)43(28)57/h6-19,28-39,41-45,47,50-55,57-59,61H,20-27,49H2,1-5H3/t28-,29-,30-,31+,32+,33+,34-,35-,36+,37+,38-,39-,41+,42-,43+,44+,45-,47-,48+/m0/s1/i5D3. The van der Waals surface area contributed by atoms with E-state index in [4.69, 9.17) is 28.8 Å². The second kappa shape index (κ2) is 28.1. The van der Waals surface area contributed by atoms with Crippen LogP contribution in [-0.4, -0.2) is 168 Å². The molecule has 0 spiro atoms. The molecular weight excluding hydrogens is 863 g/mol. The zero-order valence-corrected chi connectivity index (χ0v) is 38.0. The van der Waals surface area contributed by atoms with Crippen LogP contribution in [0.4, 0.5) is 0 Å². The molecule has 0 saturated carbocycles. The summed E-state index contributed by atoms with van der Waals surface area (Å²) in [4.78, 5) is 26.0. The number of carbonyl (C=O) groups is 2. The summed E-state index contributed by atoms with van der Waals surface area (Å²) >= 11 is 0. The predicted octanol–water partition coefficient (Wildman–Crippen LogP) is 0.800. The van der Waals surface area contributed by atoms with Gasteiger partial charge < -0.3 is 80.5 Å². The smallest absolute Gasteiger partial charge is 0.313 e. The Morgan fingerprint density at radius 3 is 1.89 bits per heavy atom. The maximum absolute atomic E-state index is 13.3. The Morgan fingerprint density at radius 2 is 1.29 bits per heavy atom. The first-order valence-corrected chi connectivity index (χ1v) is 22.5. The fourth-order valence-electron chi connectivity index (χ4n) is 8.02. The lowest BCUT2D eigenvalue weighted by Gasteiger charge is -2.45. The molecule has 18 heteroatoms. The van der Waals surface area contributed by atoms with E-state index in [0.717, 1.165) is 0 Å². The molecule has 2 bridgehead atoms. The molecule has 0 unspecified atom stereocenters. The van der Waals surface area contributed by atoms with E-state index in [0.29, 0.717) is 0 Å². The fraction of sp³-hybridized carbons (Fsp3) is 0.667. The van der Waals surface area contributed by atoms with Crippen molar-refractivity contribution in [2.45, 2.75) is 177 Å². The highest BCUT2D eigenvalue weighted by molar-refractivity contribution is 5.74. The van der Waals surface area contributed by atoms with Gasteiger partial charge in [-0.3, -0.25) is 9.59 Å². The van der Waals surface area contributed by atoms with Crippen LogP contribution in [-0.2, 0) is 33.3 Å². The largest absolute Gasteiger partial charge is 0.469 e. The first-order valence-electron chi connectivity index (χ1n) is 24.0. The maximum Gasteiger partial charge on any atom is 0.313 e. The average molecular weight is 941 g/mol. The lowest BCUT2D eigenvalue weighted by Crippen LogP contribution is -2.61. The number of aliphatic hydroxyl groups excluding tert-OH is 9. The van der Waals surface area contributed by atoms with E-state index < -0.39 is 160 Å². The number of hydrogen-bond donors (Lipinski definition) is 11. The monoisotopic (exact) mass is 941 g/mol. The van der Waals surface area contributed by atoms with Crippen LogP contribution in [0, 0.1) is 17.8 Å². The number of carbonyl (C=O) groups excluding carboxylic acids is 2. The summed E-state index contributed by atoms with van der Waals surface area (Å²) in [5.41, 5.74) is 6.04. The third-order valence-electron chi connectivity index (χ3n) is 12.1. The van der Waals surface area contributed by atoms with Crippen LogP contribution in [0.15, 0.2) is 85.1 Å². The number of fused-ring (bicyclic) bond motifs is 2. The van der Waals surface area contributed by atoms with Gasteiger partial charge in [0.25, 0.3) is 0 Å². The molecule has 66 heavy (non-hydrogen) atoms. The van der Waals surface area contributed by atoms with E-state index in [1.54, 1.807) is 80.7 Å². The number of esters is 2. The summed E-state index contributed by atoms with van der Waals surface area (Å²) in [7, 11) is -3.24. The summed E-state index contributed by atoms with van der Waals surface area (Å²) in [6.07, 6.45) is 1.81. The number of nitrogens with two attached hydrogens (primary N) is 1. The molecule has 18 nitrogen and oxygen atoms in total. The minimum absolute atomic E-state index is 0.138. The molecule has 2 fully saturated rings. The van der Waals surface area contributed by atoms with Gasteiger partial charge in [0.05, 0.1) is 90.8 Å². The molecule has 0 aliphatic carbocycles. The highest BCUT2D eigenvalue weighted by atomic mass is 16.7. The SMILES string of the molecule is [2H]C([2H])([2H])OC(=O)[C@H]1[C@@H]2C[C@@H](O[C@@H]3O[C@H](C)[C@@H](O)[C@H](N)[C@@H]3O)C=CC=CC=CC=CC=CC=CC=C[C@H](C)[C@@H](O)[C@@H](C)[C@H](C)OC(=O)C[C@H](O)C[C@H](O)CC[C@@H](O)[C@H](O)C[C@H](O)C[C@](O)(C[C@@H]1O)O2. The number of methoxy groups -OCH3 is 1. The van der Waals surface area contributed by atoms with Crippen molar-refractivity contribution in [3.05, 3.63) is 85.1 Å². The van der Waals surface area contributed by atoms with Gasteiger partial charge >= 0.3 is 11.9 Å². The van der Waals surface area contributed by atoms with Gasteiger partial charge in [0.1, 0.15) is 18.1 Å². The molecule has 0 amide bonds. The molecule has 0 aromatic carbocycles. The highest BCUT2D eigenvalue weighted by Gasteiger charge is 2.51. The molecule has 3 aliphatic heterocycles. The molecule has 3 rings (SSSR count). The summed E-state index contributed by atoms with van der Waals surface area (Å²) in [5, 5.41) is 109. The molecule has 12 N–H and O–H groups in total. The third-order valence-corrected chi connectivity index (χ3v) is 12.1. The molecule has 3 aliphatic rings. The zero-order valence-electron chi connectivity index (χ0n) is 41.0. The van der Waals surface area contributed by atoms with E-state index >= 15 is 0 Å². The molecule has 0 aromatic rings. The fourth-order valence-corrected chi connectivity index (χ4v) is 8.02. The Hall–Kier alpha value is -3.44. The second-order valence-electron chi connectivity index (χ2n) is 17.7. The molecule has 0 radical (unpaired) electrons. The summed E-state index contributed by atoms with van der Waals surface area (Å²) in [6.45, 7) is 6.69. The van der Waals surface area contributed by atoms with Gasteiger partial charge in [0, 0.05) is 37.5 Å².